The van der Waals surface area contributed by atoms with E-state index < -0.39 is 15.6 Å². The minimum atomic E-state index is -3.70. The molecule has 0 aliphatic rings. The summed E-state index contributed by atoms with van der Waals surface area (Å²) in [6, 6.07) is 4.30. The van der Waals surface area contributed by atoms with Gasteiger partial charge in [-0.1, -0.05) is 11.6 Å². The van der Waals surface area contributed by atoms with Crippen molar-refractivity contribution in [2.45, 2.75) is 23.8 Å². The minimum absolute atomic E-state index is 0.0799. The Hall–Kier alpha value is -0.180. The van der Waals surface area contributed by atoms with Gasteiger partial charge < -0.3 is 9.84 Å². The number of benzene rings is 1. The molecule has 0 amide bonds. The van der Waals surface area contributed by atoms with Gasteiger partial charge in [0.15, 0.2) is 0 Å². The predicted molar refractivity (Wildman–Crippen MR) is 81.5 cm³/mol. The van der Waals surface area contributed by atoms with Gasteiger partial charge in [-0.05, 0) is 41.1 Å². The van der Waals surface area contributed by atoms with E-state index in [1.165, 1.54) is 25.3 Å². The van der Waals surface area contributed by atoms with Gasteiger partial charge in [0.05, 0.1) is 15.5 Å². The van der Waals surface area contributed by atoms with E-state index in [1.54, 1.807) is 6.92 Å². The number of nitrogens with one attached hydrogen (secondary N) is 1. The normalized spacial score (nSPS) is 15.1. The summed E-state index contributed by atoms with van der Waals surface area (Å²) in [6.07, 6.45) is 0.330. The van der Waals surface area contributed by atoms with E-state index in [-0.39, 0.29) is 11.4 Å². The highest BCUT2D eigenvalue weighted by Crippen LogP contribution is 2.25. The van der Waals surface area contributed by atoms with Crippen molar-refractivity contribution in [3.05, 3.63) is 27.7 Å². The molecule has 0 aliphatic carbocycles. The quantitative estimate of drug-likeness (QED) is 0.753. The molecule has 1 rings (SSSR count). The second kappa shape index (κ2) is 7.20. The summed E-state index contributed by atoms with van der Waals surface area (Å²) in [6.45, 7) is 1.80. The van der Waals surface area contributed by atoms with E-state index in [9.17, 15) is 13.5 Å². The molecule has 8 heteroatoms. The van der Waals surface area contributed by atoms with E-state index in [1.807, 2.05) is 0 Å². The molecule has 1 unspecified atom stereocenters. The summed E-state index contributed by atoms with van der Waals surface area (Å²) in [5.74, 6) is 0. The lowest BCUT2D eigenvalue weighted by Gasteiger charge is -2.23. The van der Waals surface area contributed by atoms with Crippen LogP contribution in [-0.4, -0.2) is 39.4 Å². The molecule has 0 spiro atoms. The van der Waals surface area contributed by atoms with Crippen LogP contribution in [-0.2, 0) is 14.8 Å². The van der Waals surface area contributed by atoms with Crippen molar-refractivity contribution in [3.63, 3.8) is 0 Å². The van der Waals surface area contributed by atoms with Crippen molar-refractivity contribution < 1.29 is 18.3 Å². The highest BCUT2D eigenvalue weighted by Gasteiger charge is 2.24. The Labute approximate surface area is 132 Å². The van der Waals surface area contributed by atoms with Crippen molar-refractivity contribution in [1.29, 1.82) is 0 Å². The summed E-state index contributed by atoms with van der Waals surface area (Å²) in [4.78, 5) is 0.0799. The molecule has 0 fully saturated rings. The molecule has 1 aromatic carbocycles. The molecule has 1 atom stereocenters. The molecule has 0 radical (unpaired) electrons. The lowest BCUT2D eigenvalue weighted by molar-refractivity contribution is 0.0292. The molecule has 1 aromatic rings. The monoisotopic (exact) mass is 385 g/mol. The third-order valence-electron chi connectivity index (χ3n) is 2.69. The predicted octanol–water partition coefficient (Wildman–Crippen LogP) is 2.17. The van der Waals surface area contributed by atoms with Crippen LogP contribution in [0.2, 0.25) is 5.02 Å². The largest absolute Gasteiger partial charge is 0.389 e. The third-order valence-corrected chi connectivity index (χ3v) is 5.30. The lowest BCUT2D eigenvalue weighted by Crippen LogP contribution is -2.41. The van der Waals surface area contributed by atoms with Crippen molar-refractivity contribution in [1.82, 2.24) is 4.72 Å². The smallest absolute Gasteiger partial charge is 0.240 e. The maximum Gasteiger partial charge on any atom is 0.240 e. The molecule has 0 aromatic heterocycles. The van der Waals surface area contributed by atoms with Crippen molar-refractivity contribution >= 4 is 37.6 Å². The standard InChI is InChI=1S/C12H17BrClNO4S/c1-12(16,5-6-19-2)8-15-20(17,18)9-3-4-11(14)10(13)7-9/h3-4,7,15-16H,5-6,8H2,1-2H3. The Balaban J connectivity index is 2.77. The average Bonchev–Trinajstić information content (AvgIpc) is 2.37. The molecular weight excluding hydrogens is 370 g/mol. The maximum absolute atomic E-state index is 12.1. The molecule has 114 valence electrons. The van der Waals surface area contributed by atoms with Crippen LogP contribution in [0.3, 0.4) is 0 Å². The Morgan fingerprint density at radius 2 is 2.15 bits per heavy atom. The van der Waals surface area contributed by atoms with E-state index in [4.69, 9.17) is 16.3 Å². The van der Waals surface area contributed by atoms with Gasteiger partial charge in [-0.25, -0.2) is 13.1 Å². The summed E-state index contributed by atoms with van der Waals surface area (Å²) < 4.78 is 31.9. The zero-order chi connectivity index (χ0) is 15.4. The summed E-state index contributed by atoms with van der Waals surface area (Å²) in [5, 5.41) is 10.4. The minimum Gasteiger partial charge on any atom is -0.389 e. The molecule has 20 heavy (non-hydrogen) atoms. The summed E-state index contributed by atoms with van der Waals surface area (Å²) >= 11 is 8.99. The van der Waals surface area contributed by atoms with E-state index in [2.05, 4.69) is 20.7 Å². The van der Waals surface area contributed by atoms with Gasteiger partial charge in [0.2, 0.25) is 10.0 Å². The van der Waals surface area contributed by atoms with E-state index in [0.29, 0.717) is 22.5 Å². The first kappa shape index (κ1) is 17.9. The Kier molecular flexibility index (Phi) is 6.43. The second-order valence-corrected chi connectivity index (χ2v) is 7.67. The lowest BCUT2D eigenvalue weighted by atomic mass is 10.0. The van der Waals surface area contributed by atoms with Gasteiger partial charge in [0.1, 0.15) is 0 Å². The zero-order valence-electron chi connectivity index (χ0n) is 11.2. The number of methoxy groups -OCH3 is 1. The van der Waals surface area contributed by atoms with E-state index in [0.717, 1.165) is 0 Å². The first-order chi connectivity index (χ1) is 9.18. The summed E-state index contributed by atoms with van der Waals surface area (Å²) in [5.41, 5.74) is -1.17. The topological polar surface area (TPSA) is 75.6 Å². The molecule has 2 N–H and O–H groups in total. The number of ether oxygens (including phenoxy) is 1. The van der Waals surface area contributed by atoms with Gasteiger partial charge in [0, 0.05) is 31.2 Å². The number of hydrogen-bond acceptors (Lipinski definition) is 4. The number of hydrogen-bond donors (Lipinski definition) is 2. The molecule has 5 nitrogen and oxygen atoms in total. The Morgan fingerprint density at radius 3 is 2.70 bits per heavy atom. The fourth-order valence-corrected chi connectivity index (χ4v) is 3.22. The average molecular weight is 387 g/mol. The molecule has 0 saturated carbocycles. The van der Waals surface area contributed by atoms with Crippen LogP contribution in [0.4, 0.5) is 0 Å². The number of sulfonamides is 1. The van der Waals surface area contributed by atoms with Crippen LogP contribution < -0.4 is 4.72 Å². The fraction of sp³-hybridized carbons (Fsp3) is 0.500. The highest BCUT2D eigenvalue weighted by molar-refractivity contribution is 9.10. The fourth-order valence-electron chi connectivity index (χ4n) is 1.39. The van der Waals surface area contributed by atoms with Gasteiger partial charge in [-0.2, -0.15) is 0 Å². The molecular formula is C12H17BrClNO4S. The van der Waals surface area contributed by atoms with Crippen LogP contribution in [0, 0.1) is 0 Å². The second-order valence-electron chi connectivity index (χ2n) is 4.64. The molecule has 0 bridgehead atoms. The van der Waals surface area contributed by atoms with Crippen LogP contribution in [0.5, 0.6) is 0 Å². The van der Waals surface area contributed by atoms with Gasteiger partial charge in [-0.15, -0.1) is 0 Å². The van der Waals surface area contributed by atoms with Gasteiger partial charge >= 0.3 is 0 Å². The highest BCUT2D eigenvalue weighted by atomic mass is 79.9. The van der Waals surface area contributed by atoms with Gasteiger partial charge in [-0.3, -0.25) is 0 Å². The first-order valence-electron chi connectivity index (χ1n) is 5.84. The summed E-state index contributed by atoms with van der Waals surface area (Å²) in [7, 11) is -2.18. The first-order valence-corrected chi connectivity index (χ1v) is 8.49. The molecule has 0 saturated heterocycles. The number of rotatable bonds is 7. The van der Waals surface area contributed by atoms with Crippen molar-refractivity contribution in [2.24, 2.45) is 0 Å². The Bertz CT molecular complexity index is 563. The van der Waals surface area contributed by atoms with Gasteiger partial charge in [0.25, 0.3) is 0 Å². The van der Waals surface area contributed by atoms with Crippen LogP contribution in [0.25, 0.3) is 0 Å². The SMILES string of the molecule is COCCC(C)(O)CNS(=O)(=O)c1ccc(Cl)c(Br)c1. The van der Waals surface area contributed by atoms with Crippen molar-refractivity contribution in [2.75, 3.05) is 20.3 Å². The number of halogens is 2. The van der Waals surface area contributed by atoms with Crippen LogP contribution in [0.1, 0.15) is 13.3 Å². The van der Waals surface area contributed by atoms with Crippen LogP contribution in [0.15, 0.2) is 27.6 Å². The number of aliphatic hydroxyl groups is 1. The third kappa shape index (κ3) is 5.31. The van der Waals surface area contributed by atoms with Crippen LogP contribution >= 0.6 is 27.5 Å². The maximum atomic E-state index is 12.1. The van der Waals surface area contributed by atoms with Crippen molar-refractivity contribution in [3.8, 4) is 0 Å². The Morgan fingerprint density at radius 1 is 1.50 bits per heavy atom. The zero-order valence-corrected chi connectivity index (χ0v) is 14.3. The molecule has 0 aliphatic heterocycles. The van der Waals surface area contributed by atoms with E-state index >= 15 is 0 Å². The molecule has 0 heterocycles.